The molecule has 0 bridgehead atoms. The van der Waals surface area contributed by atoms with Crippen LogP contribution >= 0.6 is 11.8 Å². The molecule has 6 nitrogen and oxygen atoms in total. The summed E-state index contributed by atoms with van der Waals surface area (Å²) >= 11 is 1.74. The third-order valence-corrected chi connectivity index (χ3v) is 4.43. The standard InChI is InChI=1S/C10H18N2O4S/c1-17-10(3-2-4-10)6-12-9(16)11-5-7(13)8(14)15/h7,13H,2-6H2,1H3,(H,14,15)(H2,11,12,16). The van der Waals surface area contributed by atoms with Crippen LogP contribution in [-0.2, 0) is 4.79 Å². The normalized spacial score (nSPS) is 18.9. The number of thioether (sulfide) groups is 1. The van der Waals surface area contributed by atoms with Gasteiger partial charge in [-0.1, -0.05) is 6.42 Å². The van der Waals surface area contributed by atoms with Crippen LogP contribution in [0.2, 0.25) is 0 Å². The van der Waals surface area contributed by atoms with E-state index >= 15 is 0 Å². The van der Waals surface area contributed by atoms with Crippen molar-refractivity contribution in [1.29, 1.82) is 0 Å². The van der Waals surface area contributed by atoms with Gasteiger partial charge in [-0.25, -0.2) is 9.59 Å². The first-order chi connectivity index (χ1) is 7.99. The number of hydrogen-bond acceptors (Lipinski definition) is 4. The van der Waals surface area contributed by atoms with E-state index in [2.05, 4.69) is 10.6 Å². The van der Waals surface area contributed by atoms with Crippen LogP contribution in [0, 0.1) is 0 Å². The molecule has 1 aliphatic carbocycles. The lowest BCUT2D eigenvalue weighted by molar-refractivity contribution is -0.146. The first-order valence-electron chi connectivity index (χ1n) is 5.47. The zero-order valence-corrected chi connectivity index (χ0v) is 10.5. The highest BCUT2D eigenvalue weighted by Gasteiger charge is 2.36. The summed E-state index contributed by atoms with van der Waals surface area (Å²) in [6.07, 6.45) is 3.83. The quantitative estimate of drug-likeness (QED) is 0.541. The molecule has 1 fully saturated rings. The third-order valence-electron chi connectivity index (χ3n) is 3.01. The molecular weight excluding hydrogens is 244 g/mol. The third kappa shape index (κ3) is 4.08. The molecule has 0 radical (unpaired) electrons. The summed E-state index contributed by atoms with van der Waals surface area (Å²) in [6.45, 7) is 0.288. The number of carboxylic acids is 1. The van der Waals surface area contributed by atoms with Crippen molar-refractivity contribution in [3.63, 3.8) is 0 Å². The molecule has 7 heteroatoms. The Hall–Kier alpha value is -0.950. The minimum Gasteiger partial charge on any atom is -0.479 e. The Bertz CT molecular complexity index is 289. The molecule has 0 aliphatic heterocycles. The van der Waals surface area contributed by atoms with Crippen molar-refractivity contribution in [2.24, 2.45) is 0 Å². The van der Waals surface area contributed by atoms with Crippen molar-refractivity contribution in [2.75, 3.05) is 19.3 Å². The van der Waals surface area contributed by atoms with Crippen molar-refractivity contribution in [3.05, 3.63) is 0 Å². The number of nitrogens with one attached hydrogen (secondary N) is 2. The minimum absolute atomic E-state index is 0.142. The summed E-state index contributed by atoms with van der Waals surface area (Å²) in [4.78, 5) is 21.6. The van der Waals surface area contributed by atoms with E-state index in [-0.39, 0.29) is 11.3 Å². The predicted molar refractivity (Wildman–Crippen MR) is 65.1 cm³/mol. The van der Waals surface area contributed by atoms with Gasteiger partial charge in [-0.15, -0.1) is 0 Å². The van der Waals surface area contributed by atoms with Crippen LogP contribution in [0.15, 0.2) is 0 Å². The number of rotatable bonds is 6. The second-order valence-electron chi connectivity index (χ2n) is 4.16. The topological polar surface area (TPSA) is 98.7 Å². The Morgan fingerprint density at radius 2 is 2.06 bits per heavy atom. The molecule has 0 aromatic heterocycles. The average Bonchev–Trinajstić information content (AvgIpc) is 2.24. The monoisotopic (exact) mass is 262 g/mol. The van der Waals surface area contributed by atoms with Crippen molar-refractivity contribution in [2.45, 2.75) is 30.1 Å². The van der Waals surface area contributed by atoms with Gasteiger partial charge in [0.25, 0.3) is 0 Å². The van der Waals surface area contributed by atoms with Crippen LogP contribution < -0.4 is 10.6 Å². The largest absolute Gasteiger partial charge is 0.479 e. The molecule has 98 valence electrons. The maximum Gasteiger partial charge on any atom is 0.334 e. The fourth-order valence-corrected chi connectivity index (χ4v) is 2.52. The number of carbonyl (C=O) groups excluding carboxylic acids is 1. The molecule has 1 atom stereocenters. The molecule has 0 aromatic rings. The molecular formula is C10H18N2O4S. The molecule has 17 heavy (non-hydrogen) atoms. The van der Waals surface area contributed by atoms with Crippen molar-refractivity contribution in [1.82, 2.24) is 10.6 Å². The van der Waals surface area contributed by atoms with Crippen molar-refractivity contribution < 1.29 is 19.8 Å². The second-order valence-corrected chi connectivity index (χ2v) is 5.43. The SMILES string of the molecule is CSC1(CNC(=O)NCC(O)C(=O)O)CCC1. The van der Waals surface area contributed by atoms with Crippen LogP contribution in [0.3, 0.4) is 0 Å². The van der Waals surface area contributed by atoms with E-state index in [0.29, 0.717) is 6.54 Å². The molecule has 1 aliphatic rings. The number of amides is 2. The fraction of sp³-hybridized carbons (Fsp3) is 0.800. The van der Waals surface area contributed by atoms with E-state index in [1.165, 1.54) is 6.42 Å². The van der Waals surface area contributed by atoms with Crippen molar-refractivity contribution in [3.8, 4) is 0 Å². The number of urea groups is 1. The molecule has 0 heterocycles. The number of aliphatic hydroxyl groups is 1. The molecule has 4 N–H and O–H groups in total. The van der Waals surface area contributed by atoms with Gasteiger partial charge in [-0.3, -0.25) is 0 Å². The van der Waals surface area contributed by atoms with Crippen LogP contribution in [0.4, 0.5) is 4.79 Å². The first-order valence-corrected chi connectivity index (χ1v) is 6.69. The first kappa shape index (κ1) is 14.1. The van der Waals surface area contributed by atoms with E-state index in [1.54, 1.807) is 11.8 Å². The Morgan fingerprint density at radius 3 is 2.47 bits per heavy atom. The van der Waals surface area contributed by atoms with Gasteiger partial charge in [-0.05, 0) is 19.1 Å². The Kier molecular flexibility index (Phi) is 5.07. The zero-order chi connectivity index (χ0) is 12.9. The summed E-state index contributed by atoms with van der Waals surface area (Å²) in [6, 6.07) is -0.439. The van der Waals surface area contributed by atoms with Gasteiger partial charge in [0.05, 0.1) is 6.54 Å². The minimum atomic E-state index is -1.56. The van der Waals surface area contributed by atoms with Crippen LogP contribution in [0.25, 0.3) is 0 Å². The van der Waals surface area contributed by atoms with Crippen molar-refractivity contribution >= 4 is 23.8 Å². The summed E-state index contributed by atoms with van der Waals surface area (Å²) < 4.78 is 0.142. The van der Waals surface area contributed by atoms with E-state index in [4.69, 9.17) is 10.2 Å². The molecule has 0 spiro atoms. The molecule has 1 unspecified atom stereocenters. The molecule has 1 saturated carbocycles. The highest BCUT2D eigenvalue weighted by atomic mass is 32.2. The van der Waals surface area contributed by atoms with Gasteiger partial charge in [0.1, 0.15) is 0 Å². The average molecular weight is 262 g/mol. The highest BCUT2D eigenvalue weighted by molar-refractivity contribution is 8.00. The number of hydrogen-bond donors (Lipinski definition) is 4. The van der Waals surface area contributed by atoms with Crippen LogP contribution in [0.1, 0.15) is 19.3 Å². The summed E-state index contributed by atoms with van der Waals surface area (Å²) in [5, 5.41) is 22.4. The number of aliphatic hydroxyl groups excluding tert-OH is 1. The number of carboxylic acid groups (broad SMARTS) is 1. The Morgan fingerprint density at radius 1 is 1.41 bits per heavy atom. The Labute approximate surface area is 104 Å². The molecule has 2 amide bonds. The number of carbonyl (C=O) groups is 2. The lowest BCUT2D eigenvalue weighted by Gasteiger charge is -2.40. The summed E-state index contributed by atoms with van der Waals surface area (Å²) in [5.41, 5.74) is 0. The Balaban J connectivity index is 2.19. The lowest BCUT2D eigenvalue weighted by atomic mass is 9.84. The van der Waals surface area contributed by atoms with E-state index in [0.717, 1.165) is 12.8 Å². The zero-order valence-electron chi connectivity index (χ0n) is 9.73. The second kappa shape index (κ2) is 6.11. The smallest absolute Gasteiger partial charge is 0.334 e. The van der Waals surface area contributed by atoms with E-state index < -0.39 is 18.1 Å². The number of aliphatic carboxylic acids is 1. The molecule has 0 aromatic carbocycles. The maximum atomic E-state index is 11.3. The van der Waals surface area contributed by atoms with Gasteiger partial charge in [-0.2, -0.15) is 11.8 Å². The van der Waals surface area contributed by atoms with Gasteiger partial charge < -0.3 is 20.8 Å². The van der Waals surface area contributed by atoms with E-state index in [9.17, 15) is 9.59 Å². The summed E-state index contributed by atoms with van der Waals surface area (Å²) in [7, 11) is 0. The fourth-order valence-electron chi connectivity index (χ4n) is 1.60. The van der Waals surface area contributed by atoms with Gasteiger partial charge >= 0.3 is 12.0 Å². The predicted octanol–water partition coefficient (Wildman–Crippen LogP) is 0.0168. The van der Waals surface area contributed by atoms with Crippen LogP contribution in [-0.4, -0.2) is 52.4 Å². The van der Waals surface area contributed by atoms with Gasteiger partial charge in [0.15, 0.2) is 6.10 Å². The molecule has 0 saturated heterocycles. The molecule has 1 rings (SSSR count). The van der Waals surface area contributed by atoms with E-state index in [1.807, 2.05) is 6.26 Å². The van der Waals surface area contributed by atoms with Gasteiger partial charge in [0.2, 0.25) is 0 Å². The summed E-state index contributed by atoms with van der Waals surface area (Å²) in [5.74, 6) is -1.34. The lowest BCUT2D eigenvalue weighted by Crippen LogP contribution is -2.49. The van der Waals surface area contributed by atoms with Gasteiger partial charge in [0, 0.05) is 11.3 Å². The highest BCUT2D eigenvalue weighted by Crippen LogP contribution is 2.42. The van der Waals surface area contributed by atoms with Crippen LogP contribution in [0.5, 0.6) is 0 Å². The maximum absolute atomic E-state index is 11.3.